The summed E-state index contributed by atoms with van der Waals surface area (Å²) in [7, 11) is 1.74. The van der Waals surface area contributed by atoms with Crippen molar-refractivity contribution in [3.63, 3.8) is 0 Å². The van der Waals surface area contributed by atoms with Crippen LogP contribution in [-0.2, 0) is 11.8 Å². The second kappa shape index (κ2) is 6.56. The van der Waals surface area contributed by atoms with Crippen molar-refractivity contribution in [3.05, 3.63) is 48.3 Å². The third-order valence-corrected chi connectivity index (χ3v) is 2.91. The van der Waals surface area contributed by atoms with Crippen molar-refractivity contribution in [1.82, 2.24) is 4.57 Å². The number of carbonyl (C=O) groups excluding carboxylic acids is 2. The molecule has 0 spiro atoms. The molecule has 2 N–H and O–H groups in total. The van der Waals surface area contributed by atoms with Crippen LogP contribution >= 0.6 is 0 Å². The molecule has 1 heterocycles. The van der Waals surface area contributed by atoms with Crippen molar-refractivity contribution in [1.29, 1.82) is 0 Å². The molecule has 0 fully saturated rings. The van der Waals surface area contributed by atoms with Crippen LogP contribution in [0.3, 0.4) is 0 Å². The summed E-state index contributed by atoms with van der Waals surface area (Å²) < 4.78 is 6.83. The molecule has 0 aliphatic heterocycles. The highest BCUT2D eigenvalue weighted by molar-refractivity contribution is 6.04. The fourth-order valence-corrected chi connectivity index (χ4v) is 2.00. The van der Waals surface area contributed by atoms with E-state index in [0.717, 1.165) is 0 Å². The lowest BCUT2D eigenvalue weighted by atomic mass is 10.2. The average Bonchev–Trinajstić information content (AvgIpc) is 2.78. The minimum atomic E-state index is -0.577. The van der Waals surface area contributed by atoms with Gasteiger partial charge in [-0.2, -0.15) is 0 Å². The highest BCUT2D eigenvalue weighted by Gasteiger charge is 2.18. The first-order valence-corrected chi connectivity index (χ1v) is 7.27. The standard InChI is InChI=1S/C17H21N3O3/c1-17(2,3)23-16(22)19-13-10-14(20(4)11-13)15(21)18-12-8-6-5-7-9-12/h5-11H,1-4H3,(H,18,21)(H,19,22). The molecule has 1 aromatic heterocycles. The topological polar surface area (TPSA) is 72.4 Å². The number of rotatable bonds is 3. The predicted octanol–water partition coefficient (Wildman–Crippen LogP) is 3.62. The maximum Gasteiger partial charge on any atom is 0.412 e. The Balaban J connectivity index is 2.06. The van der Waals surface area contributed by atoms with E-state index in [4.69, 9.17) is 4.74 Å². The molecule has 0 aliphatic rings. The molecule has 2 aromatic rings. The summed E-state index contributed by atoms with van der Waals surface area (Å²) in [4.78, 5) is 24.1. The summed E-state index contributed by atoms with van der Waals surface area (Å²) in [6.07, 6.45) is 1.10. The summed E-state index contributed by atoms with van der Waals surface area (Å²) in [6, 6.07) is 10.8. The molecule has 2 amide bonds. The van der Waals surface area contributed by atoms with Crippen molar-refractivity contribution in [2.75, 3.05) is 10.6 Å². The van der Waals surface area contributed by atoms with Gasteiger partial charge in [-0.05, 0) is 39.0 Å². The van der Waals surface area contributed by atoms with Gasteiger partial charge in [0, 0.05) is 18.9 Å². The van der Waals surface area contributed by atoms with Crippen molar-refractivity contribution < 1.29 is 14.3 Å². The summed E-state index contributed by atoms with van der Waals surface area (Å²) >= 11 is 0. The van der Waals surface area contributed by atoms with Gasteiger partial charge in [0.15, 0.2) is 0 Å². The average molecular weight is 315 g/mol. The Kier molecular flexibility index (Phi) is 4.74. The Bertz CT molecular complexity index is 700. The first-order chi connectivity index (χ1) is 10.7. The fraction of sp³-hybridized carbons (Fsp3) is 0.294. The van der Waals surface area contributed by atoms with Gasteiger partial charge in [0.2, 0.25) is 0 Å². The van der Waals surface area contributed by atoms with Gasteiger partial charge in [0.25, 0.3) is 5.91 Å². The number of para-hydroxylation sites is 1. The number of aromatic nitrogens is 1. The van der Waals surface area contributed by atoms with Crippen LogP contribution in [0.1, 0.15) is 31.3 Å². The zero-order valence-electron chi connectivity index (χ0n) is 13.7. The van der Waals surface area contributed by atoms with Crippen molar-refractivity contribution >= 4 is 23.4 Å². The second-order valence-corrected chi connectivity index (χ2v) is 6.17. The lowest BCUT2D eigenvalue weighted by Crippen LogP contribution is -2.27. The minimum absolute atomic E-state index is 0.254. The van der Waals surface area contributed by atoms with Gasteiger partial charge < -0.3 is 14.6 Å². The van der Waals surface area contributed by atoms with Crippen LogP contribution < -0.4 is 10.6 Å². The molecule has 0 unspecified atom stereocenters. The number of hydrogen-bond donors (Lipinski definition) is 2. The van der Waals surface area contributed by atoms with E-state index < -0.39 is 11.7 Å². The number of nitrogens with one attached hydrogen (secondary N) is 2. The third kappa shape index (κ3) is 4.88. The number of ether oxygens (including phenoxy) is 1. The molecule has 23 heavy (non-hydrogen) atoms. The first-order valence-electron chi connectivity index (χ1n) is 7.27. The van der Waals surface area contributed by atoms with Crippen LogP contribution in [0.15, 0.2) is 42.6 Å². The van der Waals surface area contributed by atoms with Gasteiger partial charge >= 0.3 is 6.09 Å². The molecule has 0 saturated carbocycles. The number of anilines is 2. The highest BCUT2D eigenvalue weighted by atomic mass is 16.6. The maximum absolute atomic E-state index is 12.3. The van der Waals surface area contributed by atoms with Crippen LogP contribution in [-0.4, -0.2) is 22.2 Å². The van der Waals surface area contributed by atoms with Gasteiger partial charge in [0.05, 0.1) is 5.69 Å². The minimum Gasteiger partial charge on any atom is -0.444 e. The Morgan fingerprint density at radius 2 is 1.70 bits per heavy atom. The molecule has 122 valence electrons. The number of amides is 2. The monoisotopic (exact) mass is 315 g/mol. The first kappa shape index (κ1) is 16.6. The van der Waals surface area contributed by atoms with Crippen LogP contribution in [0.25, 0.3) is 0 Å². The third-order valence-electron chi connectivity index (χ3n) is 2.91. The van der Waals surface area contributed by atoms with Gasteiger partial charge in [0.1, 0.15) is 11.3 Å². The quantitative estimate of drug-likeness (QED) is 0.908. The summed E-state index contributed by atoms with van der Waals surface area (Å²) in [6.45, 7) is 5.36. The number of aryl methyl sites for hydroxylation is 1. The van der Waals surface area contributed by atoms with E-state index in [1.807, 2.05) is 18.2 Å². The van der Waals surface area contributed by atoms with E-state index in [1.54, 1.807) is 56.8 Å². The van der Waals surface area contributed by atoms with E-state index in [0.29, 0.717) is 17.1 Å². The van der Waals surface area contributed by atoms with E-state index in [-0.39, 0.29) is 5.91 Å². The van der Waals surface area contributed by atoms with Crippen molar-refractivity contribution in [3.8, 4) is 0 Å². The SMILES string of the molecule is Cn1cc(NC(=O)OC(C)(C)C)cc1C(=O)Nc1ccccc1. The molecule has 6 heteroatoms. The molecule has 0 atom stereocenters. The predicted molar refractivity (Wildman–Crippen MR) is 89.7 cm³/mol. The van der Waals surface area contributed by atoms with E-state index >= 15 is 0 Å². The van der Waals surface area contributed by atoms with Crippen LogP contribution in [0, 0.1) is 0 Å². The smallest absolute Gasteiger partial charge is 0.412 e. The molecule has 0 bridgehead atoms. The molecule has 1 aromatic carbocycles. The lowest BCUT2D eigenvalue weighted by molar-refractivity contribution is 0.0635. The normalized spacial score (nSPS) is 11.0. The maximum atomic E-state index is 12.3. The largest absolute Gasteiger partial charge is 0.444 e. The molecule has 0 saturated heterocycles. The van der Waals surface area contributed by atoms with Crippen LogP contribution in [0.5, 0.6) is 0 Å². The Labute approximate surface area is 135 Å². The van der Waals surface area contributed by atoms with E-state index in [1.165, 1.54) is 0 Å². The van der Waals surface area contributed by atoms with Crippen LogP contribution in [0.2, 0.25) is 0 Å². The number of hydrogen-bond acceptors (Lipinski definition) is 3. The summed E-state index contributed by atoms with van der Waals surface area (Å²) in [5.74, 6) is -0.254. The highest BCUT2D eigenvalue weighted by Crippen LogP contribution is 2.16. The number of nitrogens with zero attached hydrogens (tertiary/aromatic N) is 1. The molecular formula is C17H21N3O3. The molecule has 0 radical (unpaired) electrons. The molecule has 2 rings (SSSR count). The Morgan fingerprint density at radius 1 is 1.04 bits per heavy atom. The van der Waals surface area contributed by atoms with Gasteiger partial charge in [-0.25, -0.2) is 4.79 Å². The van der Waals surface area contributed by atoms with Gasteiger partial charge in [-0.15, -0.1) is 0 Å². The Hall–Kier alpha value is -2.76. The zero-order chi connectivity index (χ0) is 17.0. The molecule has 0 aliphatic carbocycles. The summed E-state index contributed by atoms with van der Waals surface area (Å²) in [5.41, 5.74) is 1.06. The van der Waals surface area contributed by atoms with E-state index in [9.17, 15) is 9.59 Å². The Morgan fingerprint density at radius 3 is 2.30 bits per heavy atom. The molecule has 6 nitrogen and oxygen atoms in total. The van der Waals surface area contributed by atoms with Crippen molar-refractivity contribution in [2.24, 2.45) is 7.05 Å². The zero-order valence-corrected chi connectivity index (χ0v) is 13.7. The number of benzene rings is 1. The van der Waals surface area contributed by atoms with Crippen LogP contribution in [0.4, 0.5) is 16.2 Å². The summed E-state index contributed by atoms with van der Waals surface area (Å²) in [5, 5.41) is 5.42. The lowest BCUT2D eigenvalue weighted by Gasteiger charge is -2.19. The fourth-order valence-electron chi connectivity index (χ4n) is 2.00. The van der Waals surface area contributed by atoms with E-state index in [2.05, 4.69) is 10.6 Å². The van der Waals surface area contributed by atoms with Crippen molar-refractivity contribution in [2.45, 2.75) is 26.4 Å². The number of carbonyl (C=O) groups is 2. The van der Waals surface area contributed by atoms with Gasteiger partial charge in [-0.3, -0.25) is 10.1 Å². The molecular weight excluding hydrogens is 294 g/mol. The van der Waals surface area contributed by atoms with Gasteiger partial charge in [-0.1, -0.05) is 18.2 Å². The second-order valence-electron chi connectivity index (χ2n) is 6.17.